The Morgan fingerprint density at radius 2 is 2.26 bits per heavy atom. The Morgan fingerprint density at radius 1 is 1.53 bits per heavy atom. The van der Waals surface area contributed by atoms with Crippen LogP contribution < -0.4 is 15.8 Å². The molecule has 1 aromatic rings. The molecule has 1 amide bonds. The third kappa shape index (κ3) is 6.07. The van der Waals surface area contributed by atoms with Crippen molar-refractivity contribution in [1.29, 1.82) is 0 Å². The van der Waals surface area contributed by atoms with Gasteiger partial charge in [-0.05, 0) is 43.5 Å². The second-order valence-corrected chi connectivity index (χ2v) is 5.49. The SMILES string of the molecule is CCCNC(=O)COc1ccc(Br)cc1CC(C)N. The summed E-state index contributed by atoms with van der Waals surface area (Å²) in [4.78, 5) is 11.5. The molecule has 0 radical (unpaired) electrons. The summed E-state index contributed by atoms with van der Waals surface area (Å²) in [6, 6.07) is 5.77. The van der Waals surface area contributed by atoms with Crippen molar-refractivity contribution in [3.8, 4) is 5.75 Å². The zero-order valence-corrected chi connectivity index (χ0v) is 13.0. The van der Waals surface area contributed by atoms with Crippen LogP contribution in [0.4, 0.5) is 0 Å². The number of carbonyl (C=O) groups is 1. The zero-order valence-electron chi connectivity index (χ0n) is 11.4. The first kappa shape index (κ1) is 16.0. The fourth-order valence-electron chi connectivity index (χ4n) is 1.65. The van der Waals surface area contributed by atoms with Gasteiger partial charge in [-0.3, -0.25) is 4.79 Å². The summed E-state index contributed by atoms with van der Waals surface area (Å²) in [7, 11) is 0. The maximum Gasteiger partial charge on any atom is 0.257 e. The summed E-state index contributed by atoms with van der Waals surface area (Å²) in [5.41, 5.74) is 6.82. The first-order valence-corrected chi connectivity index (χ1v) is 7.25. The number of carbonyl (C=O) groups excluding carboxylic acids is 1. The summed E-state index contributed by atoms with van der Waals surface area (Å²) in [6.45, 7) is 4.66. The molecular formula is C14H21BrN2O2. The minimum Gasteiger partial charge on any atom is -0.483 e. The Labute approximate surface area is 122 Å². The van der Waals surface area contributed by atoms with Crippen LogP contribution in [-0.2, 0) is 11.2 Å². The van der Waals surface area contributed by atoms with Gasteiger partial charge in [-0.15, -0.1) is 0 Å². The summed E-state index contributed by atoms with van der Waals surface area (Å²) >= 11 is 3.42. The number of amides is 1. The van der Waals surface area contributed by atoms with Gasteiger partial charge >= 0.3 is 0 Å². The number of nitrogens with one attached hydrogen (secondary N) is 1. The molecule has 4 nitrogen and oxygen atoms in total. The third-order valence-electron chi connectivity index (χ3n) is 2.50. The Balaban J connectivity index is 2.64. The van der Waals surface area contributed by atoms with Gasteiger partial charge in [-0.2, -0.15) is 0 Å². The largest absolute Gasteiger partial charge is 0.483 e. The number of rotatable bonds is 7. The van der Waals surface area contributed by atoms with Crippen molar-refractivity contribution in [2.75, 3.05) is 13.2 Å². The molecule has 1 rings (SSSR count). The molecule has 3 N–H and O–H groups in total. The van der Waals surface area contributed by atoms with E-state index in [-0.39, 0.29) is 18.6 Å². The molecule has 1 atom stereocenters. The molecule has 0 aromatic heterocycles. The lowest BCUT2D eigenvalue weighted by molar-refractivity contribution is -0.123. The molecule has 1 unspecified atom stereocenters. The summed E-state index contributed by atoms with van der Waals surface area (Å²) in [5, 5.41) is 2.78. The van der Waals surface area contributed by atoms with Crippen molar-refractivity contribution < 1.29 is 9.53 Å². The van der Waals surface area contributed by atoms with Crippen molar-refractivity contribution in [1.82, 2.24) is 5.32 Å². The first-order chi connectivity index (χ1) is 9.02. The highest BCUT2D eigenvalue weighted by molar-refractivity contribution is 9.10. The van der Waals surface area contributed by atoms with Gasteiger partial charge in [0.1, 0.15) is 5.75 Å². The molecule has 0 saturated heterocycles. The van der Waals surface area contributed by atoms with Crippen LogP contribution in [0.3, 0.4) is 0 Å². The van der Waals surface area contributed by atoms with E-state index in [1.807, 2.05) is 32.0 Å². The van der Waals surface area contributed by atoms with E-state index in [9.17, 15) is 4.79 Å². The van der Waals surface area contributed by atoms with Gasteiger partial charge in [-0.1, -0.05) is 22.9 Å². The Bertz CT molecular complexity index is 422. The highest BCUT2D eigenvalue weighted by Gasteiger charge is 2.09. The van der Waals surface area contributed by atoms with Gasteiger partial charge in [0.05, 0.1) is 0 Å². The van der Waals surface area contributed by atoms with Crippen LogP contribution in [-0.4, -0.2) is 25.1 Å². The topological polar surface area (TPSA) is 64.3 Å². The van der Waals surface area contributed by atoms with Gasteiger partial charge in [0, 0.05) is 17.1 Å². The number of benzene rings is 1. The molecule has 0 fully saturated rings. The van der Waals surface area contributed by atoms with Crippen molar-refractivity contribution in [3.63, 3.8) is 0 Å². The van der Waals surface area contributed by atoms with E-state index < -0.39 is 0 Å². The summed E-state index contributed by atoms with van der Waals surface area (Å²) < 4.78 is 6.54. The van der Waals surface area contributed by atoms with Crippen LogP contribution in [0.2, 0.25) is 0 Å². The standard InChI is InChI=1S/C14H21BrN2O2/c1-3-6-17-14(18)9-19-13-5-4-12(15)8-11(13)7-10(2)16/h4-5,8,10H,3,6-7,9,16H2,1-2H3,(H,17,18). The lowest BCUT2D eigenvalue weighted by Crippen LogP contribution is -2.29. The minimum absolute atomic E-state index is 0.0353. The number of ether oxygens (including phenoxy) is 1. The molecule has 0 aliphatic heterocycles. The normalized spacial score (nSPS) is 12.0. The Morgan fingerprint density at radius 3 is 2.89 bits per heavy atom. The summed E-state index contributed by atoms with van der Waals surface area (Å²) in [6.07, 6.45) is 1.63. The molecular weight excluding hydrogens is 308 g/mol. The molecule has 19 heavy (non-hydrogen) atoms. The third-order valence-corrected chi connectivity index (χ3v) is 2.99. The number of nitrogens with two attached hydrogens (primary N) is 1. The Kier molecular flexibility index (Phi) is 6.87. The van der Waals surface area contributed by atoms with Crippen LogP contribution >= 0.6 is 15.9 Å². The minimum atomic E-state index is -0.100. The van der Waals surface area contributed by atoms with E-state index in [0.29, 0.717) is 18.7 Å². The van der Waals surface area contributed by atoms with Gasteiger partial charge in [0.25, 0.3) is 5.91 Å². The molecule has 106 valence electrons. The van der Waals surface area contributed by atoms with Crippen molar-refractivity contribution in [3.05, 3.63) is 28.2 Å². The number of hydrogen-bond acceptors (Lipinski definition) is 3. The second kappa shape index (κ2) is 8.17. The van der Waals surface area contributed by atoms with Gasteiger partial charge in [-0.25, -0.2) is 0 Å². The maximum atomic E-state index is 11.5. The molecule has 0 heterocycles. The van der Waals surface area contributed by atoms with Crippen molar-refractivity contribution in [2.24, 2.45) is 5.73 Å². The highest BCUT2D eigenvalue weighted by atomic mass is 79.9. The lowest BCUT2D eigenvalue weighted by atomic mass is 10.1. The first-order valence-electron chi connectivity index (χ1n) is 6.46. The molecule has 1 aromatic carbocycles. The van der Waals surface area contributed by atoms with Crippen LogP contribution in [0.25, 0.3) is 0 Å². The van der Waals surface area contributed by atoms with E-state index in [0.717, 1.165) is 16.5 Å². The average Bonchev–Trinajstić information content (AvgIpc) is 2.34. The Hall–Kier alpha value is -1.07. The van der Waals surface area contributed by atoms with E-state index in [4.69, 9.17) is 10.5 Å². The van der Waals surface area contributed by atoms with Crippen LogP contribution in [0.15, 0.2) is 22.7 Å². The van der Waals surface area contributed by atoms with Crippen LogP contribution in [0.1, 0.15) is 25.8 Å². The molecule has 0 spiro atoms. The molecule has 5 heteroatoms. The number of hydrogen-bond donors (Lipinski definition) is 2. The highest BCUT2D eigenvalue weighted by Crippen LogP contribution is 2.24. The maximum absolute atomic E-state index is 11.5. The van der Waals surface area contributed by atoms with E-state index in [2.05, 4.69) is 21.2 Å². The predicted molar refractivity (Wildman–Crippen MR) is 80.3 cm³/mol. The smallest absolute Gasteiger partial charge is 0.257 e. The fourth-order valence-corrected chi connectivity index (χ4v) is 2.06. The van der Waals surface area contributed by atoms with E-state index in [1.165, 1.54) is 0 Å². The second-order valence-electron chi connectivity index (χ2n) is 4.57. The lowest BCUT2D eigenvalue weighted by Gasteiger charge is -2.13. The van der Waals surface area contributed by atoms with Gasteiger partial charge in [0.15, 0.2) is 6.61 Å². The van der Waals surface area contributed by atoms with Crippen molar-refractivity contribution >= 4 is 21.8 Å². The van der Waals surface area contributed by atoms with Gasteiger partial charge in [0.2, 0.25) is 0 Å². The quantitative estimate of drug-likeness (QED) is 0.806. The monoisotopic (exact) mass is 328 g/mol. The predicted octanol–water partition coefficient (Wildman–Crippen LogP) is 2.24. The zero-order chi connectivity index (χ0) is 14.3. The number of halogens is 1. The van der Waals surface area contributed by atoms with Crippen LogP contribution in [0.5, 0.6) is 5.75 Å². The van der Waals surface area contributed by atoms with Gasteiger partial charge < -0.3 is 15.8 Å². The molecule has 0 saturated carbocycles. The van der Waals surface area contributed by atoms with Crippen molar-refractivity contribution in [2.45, 2.75) is 32.7 Å². The van der Waals surface area contributed by atoms with E-state index >= 15 is 0 Å². The summed E-state index contributed by atoms with van der Waals surface area (Å²) in [5.74, 6) is 0.615. The molecule has 0 aliphatic carbocycles. The fraction of sp³-hybridized carbons (Fsp3) is 0.500. The molecule has 0 bridgehead atoms. The van der Waals surface area contributed by atoms with E-state index in [1.54, 1.807) is 0 Å². The average molecular weight is 329 g/mol. The molecule has 0 aliphatic rings. The van der Waals surface area contributed by atoms with Crippen LogP contribution in [0, 0.1) is 0 Å².